The number of hydrogen-bond donors (Lipinski definition) is 3. The van der Waals surface area contributed by atoms with Gasteiger partial charge in [-0.15, -0.1) is 0 Å². The maximum atomic E-state index is 10.1. The Bertz CT molecular complexity index is 715. The predicted octanol–water partition coefficient (Wildman–Crippen LogP) is 5.47. The lowest BCUT2D eigenvalue weighted by molar-refractivity contribution is -0.0274. The summed E-state index contributed by atoms with van der Waals surface area (Å²) in [5.41, 5.74) is 2.97. The molecule has 3 aliphatic carbocycles. The molecule has 3 rings (SSSR count). The van der Waals surface area contributed by atoms with E-state index in [9.17, 15) is 15.3 Å². The molecule has 0 heterocycles. The molecule has 0 unspecified atom stereocenters. The van der Waals surface area contributed by atoms with Crippen molar-refractivity contribution in [2.24, 2.45) is 17.3 Å². The lowest BCUT2D eigenvalue weighted by Gasteiger charge is -2.44. The van der Waals surface area contributed by atoms with Crippen molar-refractivity contribution in [1.29, 1.82) is 0 Å². The molecule has 3 aliphatic rings. The second kappa shape index (κ2) is 10.5. The van der Waals surface area contributed by atoms with Gasteiger partial charge in [0, 0.05) is 13.0 Å². The van der Waals surface area contributed by atoms with E-state index < -0.39 is 17.8 Å². The van der Waals surface area contributed by atoms with Crippen LogP contribution in [-0.2, 0) is 4.74 Å². The van der Waals surface area contributed by atoms with Crippen LogP contribution in [0.4, 0.5) is 0 Å². The number of aliphatic hydroxyl groups is 3. The van der Waals surface area contributed by atoms with Gasteiger partial charge in [-0.25, -0.2) is 0 Å². The first-order valence-corrected chi connectivity index (χ1v) is 12.8. The highest BCUT2D eigenvalue weighted by atomic mass is 16.5. The largest absolute Gasteiger partial charge is 0.393 e. The van der Waals surface area contributed by atoms with Crippen molar-refractivity contribution in [2.75, 3.05) is 6.61 Å². The van der Waals surface area contributed by atoms with Gasteiger partial charge in [0.1, 0.15) is 0 Å². The molecule has 0 bridgehead atoms. The zero-order chi connectivity index (χ0) is 23.5. The second-order valence-corrected chi connectivity index (χ2v) is 11.5. The van der Waals surface area contributed by atoms with Crippen molar-refractivity contribution in [3.63, 3.8) is 0 Å². The SMILES string of the molecule is C=C1C(=CC=C2CCC[C@]3(C)[C@@H]([C@@H](C)OCCCCC(C)(C)O)CC[C@@H]23)C[C@@H](O)C[C@@H]1O. The highest BCUT2D eigenvalue weighted by molar-refractivity contribution is 5.38. The molecule has 0 aliphatic heterocycles. The maximum absolute atomic E-state index is 10.1. The Morgan fingerprint density at radius 3 is 2.69 bits per heavy atom. The van der Waals surface area contributed by atoms with E-state index in [4.69, 9.17) is 4.74 Å². The molecule has 4 nitrogen and oxygen atoms in total. The average Bonchev–Trinajstić information content (AvgIpc) is 3.06. The fraction of sp³-hybridized carbons (Fsp3) is 0.786. The Kier molecular flexibility index (Phi) is 8.46. The van der Waals surface area contributed by atoms with Crippen molar-refractivity contribution in [3.05, 3.63) is 35.5 Å². The van der Waals surface area contributed by atoms with Crippen molar-refractivity contribution >= 4 is 0 Å². The van der Waals surface area contributed by atoms with Gasteiger partial charge < -0.3 is 20.1 Å². The fourth-order valence-corrected chi connectivity index (χ4v) is 6.56. The molecule has 3 saturated carbocycles. The quantitative estimate of drug-likeness (QED) is 0.432. The monoisotopic (exact) mass is 446 g/mol. The molecule has 0 spiro atoms. The van der Waals surface area contributed by atoms with Gasteiger partial charge in [0.05, 0.1) is 23.9 Å². The van der Waals surface area contributed by atoms with Crippen molar-refractivity contribution < 1.29 is 20.1 Å². The average molecular weight is 447 g/mol. The van der Waals surface area contributed by atoms with E-state index >= 15 is 0 Å². The third-order valence-corrected chi connectivity index (χ3v) is 8.43. The van der Waals surface area contributed by atoms with E-state index in [0.29, 0.717) is 24.7 Å². The Hall–Kier alpha value is -0.940. The summed E-state index contributed by atoms with van der Waals surface area (Å²) in [5, 5.41) is 30.1. The van der Waals surface area contributed by atoms with Crippen molar-refractivity contribution in [2.45, 2.75) is 116 Å². The van der Waals surface area contributed by atoms with E-state index in [1.807, 2.05) is 13.8 Å². The Balaban J connectivity index is 1.61. The molecule has 4 heteroatoms. The van der Waals surface area contributed by atoms with Crippen LogP contribution in [0, 0.1) is 17.3 Å². The van der Waals surface area contributed by atoms with Crippen LogP contribution in [0.5, 0.6) is 0 Å². The third-order valence-electron chi connectivity index (χ3n) is 8.43. The van der Waals surface area contributed by atoms with Crippen LogP contribution in [0.2, 0.25) is 0 Å². The van der Waals surface area contributed by atoms with Gasteiger partial charge in [0.2, 0.25) is 0 Å². The highest BCUT2D eigenvalue weighted by Crippen LogP contribution is 2.58. The van der Waals surface area contributed by atoms with Crippen LogP contribution in [0.3, 0.4) is 0 Å². The molecule has 0 aromatic carbocycles. The molecule has 0 amide bonds. The standard InChI is InChI=1S/C28H46O4/c1-19-22(17-23(29)18-26(19)30)11-10-21-9-8-15-28(5)24(12-13-25(21)28)20(2)32-16-7-6-14-27(3,4)31/h10-11,20,23-26,29-31H,1,6-9,12-18H2,2-5H3/t20-,23-,24-,25+,26+,28-/m1/s1. The van der Waals surface area contributed by atoms with E-state index in [-0.39, 0.29) is 11.5 Å². The zero-order valence-corrected chi connectivity index (χ0v) is 20.8. The van der Waals surface area contributed by atoms with Crippen molar-refractivity contribution in [3.8, 4) is 0 Å². The first-order chi connectivity index (χ1) is 15.0. The van der Waals surface area contributed by atoms with Crippen LogP contribution >= 0.6 is 0 Å². The lowest BCUT2D eigenvalue weighted by Crippen LogP contribution is -2.38. The predicted molar refractivity (Wildman–Crippen MR) is 130 cm³/mol. The summed E-state index contributed by atoms with van der Waals surface area (Å²) in [5.74, 6) is 1.16. The number of rotatable bonds is 8. The molecule has 0 saturated heterocycles. The summed E-state index contributed by atoms with van der Waals surface area (Å²) in [6.07, 6.45) is 13.4. The number of aliphatic hydroxyl groups excluding tert-OH is 2. The molecule has 3 fully saturated rings. The number of ether oxygens (including phenoxy) is 1. The van der Waals surface area contributed by atoms with Crippen LogP contribution in [0.1, 0.15) is 91.9 Å². The van der Waals surface area contributed by atoms with Gasteiger partial charge in [-0.3, -0.25) is 0 Å². The van der Waals surface area contributed by atoms with Gasteiger partial charge in [0.15, 0.2) is 0 Å². The summed E-state index contributed by atoms with van der Waals surface area (Å²) < 4.78 is 6.30. The number of hydrogen-bond acceptors (Lipinski definition) is 4. The number of fused-ring (bicyclic) bond motifs is 1. The van der Waals surface area contributed by atoms with Crippen LogP contribution < -0.4 is 0 Å². The first kappa shape index (κ1) is 25.7. The lowest BCUT2D eigenvalue weighted by atomic mass is 9.62. The van der Waals surface area contributed by atoms with Gasteiger partial charge in [0.25, 0.3) is 0 Å². The molecule has 182 valence electrons. The van der Waals surface area contributed by atoms with E-state index in [0.717, 1.165) is 43.4 Å². The van der Waals surface area contributed by atoms with Crippen LogP contribution in [0.15, 0.2) is 35.5 Å². The molecule has 32 heavy (non-hydrogen) atoms. The minimum atomic E-state index is -0.627. The molecule has 0 aromatic rings. The normalized spacial score (nSPS) is 37.2. The number of allylic oxidation sites excluding steroid dienone is 3. The molecule has 0 aromatic heterocycles. The number of unbranched alkanes of at least 4 members (excludes halogenated alkanes) is 1. The van der Waals surface area contributed by atoms with Crippen molar-refractivity contribution in [1.82, 2.24) is 0 Å². The fourth-order valence-electron chi connectivity index (χ4n) is 6.56. The summed E-state index contributed by atoms with van der Waals surface area (Å²) in [6.45, 7) is 13.3. The van der Waals surface area contributed by atoms with Gasteiger partial charge >= 0.3 is 0 Å². The Labute approximate surface area is 195 Å². The van der Waals surface area contributed by atoms with Crippen LogP contribution in [-0.4, -0.2) is 45.8 Å². The van der Waals surface area contributed by atoms with Gasteiger partial charge in [-0.1, -0.05) is 31.2 Å². The molecule has 3 N–H and O–H groups in total. The van der Waals surface area contributed by atoms with E-state index in [1.54, 1.807) is 0 Å². The summed E-state index contributed by atoms with van der Waals surface area (Å²) in [7, 11) is 0. The minimum Gasteiger partial charge on any atom is -0.393 e. The Morgan fingerprint density at radius 2 is 1.97 bits per heavy atom. The topological polar surface area (TPSA) is 69.9 Å². The molecule has 6 atom stereocenters. The minimum absolute atomic E-state index is 0.258. The summed E-state index contributed by atoms with van der Waals surface area (Å²) >= 11 is 0. The molecule has 0 radical (unpaired) electrons. The Morgan fingerprint density at radius 1 is 1.22 bits per heavy atom. The van der Waals surface area contributed by atoms with Gasteiger partial charge in [-0.2, -0.15) is 0 Å². The van der Waals surface area contributed by atoms with Gasteiger partial charge in [-0.05, 0) is 107 Å². The summed E-state index contributed by atoms with van der Waals surface area (Å²) in [6, 6.07) is 0. The van der Waals surface area contributed by atoms with E-state index in [2.05, 4.69) is 32.6 Å². The second-order valence-electron chi connectivity index (χ2n) is 11.5. The summed E-state index contributed by atoms with van der Waals surface area (Å²) in [4.78, 5) is 0. The smallest absolute Gasteiger partial charge is 0.0811 e. The highest BCUT2D eigenvalue weighted by Gasteiger charge is 2.51. The first-order valence-electron chi connectivity index (χ1n) is 12.8. The van der Waals surface area contributed by atoms with E-state index in [1.165, 1.54) is 31.3 Å². The maximum Gasteiger partial charge on any atom is 0.0811 e. The molecular formula is C28H46O4. The third kappa shape index (κ3) is 6.14. The molecular weight excluding hydrogens is 400 g/mol. The van der Waals surface area contributed by atoms with Crippen LogP contribution in [0.25, 0.3) is 0 Å². The zero-order valence-electron chi connectivity index (χ0n) is 20.8.